The van der Waals surface area contributed by atoms with Crippen molar-refractivity contribution in [2.24, 2.45) is 0 Å². The third-order valence-electron chi connectivity index (χ3n) is 9.20. The minimum absolute atomic E-state index is 0.0184. The highest BCUT2D eigenvalue weighted by Crippen LogP contribution is 2.28. The Morgan fingerprint density at radius 2 is 1.31 bits per heavy atom. The summed E-state index contributed by atoms with van der Waals surface area (Å²) in [5, 5.41) is 1.86. The number of halogens is 1. The number of pyridine rings is 2. The summed E-state index contributed by atoms with van der Waals surface area (Å²) in [6.07, 6.45) is 2.81. The zero-order chi connectivity index (χ0) is 36.5. The van der Waals surface area contributed by atoms with Crippen molar-refractivity contribution in [1.29, 1.82) is 0 Å². The Morgan fingerprint density at radius 1 is 0.750 bits per heavy atom. The second-order valence-corrected chi connectivity index (χ2v) is 15.8. The summed E-state index contributed by atoms with van der Waals surface area (Å²) in [5.41, 5.74) is 1.40. The number of carbonyl (C=O) groups is 1. The molecular formula is C38H34FN5O6S2. The fourth-order valence-electron chi connectivity index (χ4n) is 6.38. The number of piperazine rings is 1. The molecule has 0 unspecified atom stereocenters. The van der Waals surface area contributed by atoms with Crippen LogP contribution in [0.15, 0.2) is 132 Å². The van der Waals surface area contributed by atoms with E-state index >= 15 is 0 Å². The molecule has 11 nitrogen and oxygen atoms in total. The molecule has 266 valence electrons. The van der Waals surface area contributed by atoms with E-state index < -0.39 is 32.1 Å². The molecule has 14 heteroatoms. The summed E-state index contributed by atoms with van der Waals surface area (Å²) < 4.78 is 75.0. The summed E-state index contributed by atoms with van der Waals surface area (Å²) in [5.74, 6) is -0.706. The molecule has 1 aliphatic rings. The SMILES string of the molecule is CN([C@@H](Cc1ccc(OS(=O)(=O)c2nccc3ccccc23)cc1)C(=O)N1CCN(c2ccc(F)cc2)CC1)S(=O)(=O)c1nccc2ccccc12. The first-order valence-electron chi connectivity index (χ1n) is 16.5. The van der Waals surface area contributed by atoms with Crippen LogP contribution in [0.5, 0.6) is 5.75 Å². The highest BCUT2D eigenvalue weighted by Gasteiger charge is 2.38. The number of rotatable bonds is 10. The summed E-state index contributed by atoms with van der Waals surface area (Å²) >= 11 is 0. The van der Waals surface area contributed by atoms with Crippen molar-refractivity contribution in [2.75, 3.05) is 38.1 Å². The number of hydrogen-bond donors (Lipinski definition) is 0. The van der Waals surface area contributed by atoms with Crippen LogP contribution in [0.3, 0.4) is 0 Å². The highest BCUT2D eigenvalue weighted by molar-refractivity contribution is 7.89. The van der Waals surface area contributed by atoms with E-state index in [4.69, 9.17) is 4.18 Å². The van der Waals surface area contributed by atoms with Gasteiger partial charge in [0.2, 0.25) is 10.9 Å². The van der Waals surface area contributed by atoms with E-state index in [-0.39, 0.29) is 28.0 Å². The molecule has 4 aromatic carbocycles. The highest BCUT2D eigenvalue weighted by atomic mass is 32.2. The first-order chi connectivity index (χ1) is 25.0. The summed E-state index contributed by atoms with van der Waals surface area (Å²) in [7, 11) is -7.22. The minimum atomic E-state index is -4.30. The van der Waals surface area contributed by atoms with Crippen molar-refractivity contribution in [3.8, 4) is 5.75 Å². The molecule has 0 saturated carbocycles. The molecular weight excluding hydrogens is 706 g/mol. The molecule has 3 heterocycles. The molecule has 0 bridgehead atoms. The van der Waals surface area contributed by atoms with E-state index in [0.717, 1.165) is 9.99 Å². The molecule has 1 aliphatic heterocycles. The number of carbonyl (C=O) groups excluding carboxylic acids is 1. The number of anilines is 1. The average Bonchev–Trinajstić information content (AvgIpc) is 3.17. The average molecular weight is 740 g/mol. The van der Waals surface area contributed by atoms with Gasteiger partial charge in [-0.3, -0.25) is 4.79 Å². The van der Waals surface area contributed by atoms with E-state index in [1.165, 1.54) is 43.7 Å². The van der Waals surface area contributed by atoms with Crippen LogP contribution in [0, 0.1) is 5.82 Å². The maximum atomic E-state index is 14.3. The van der Waals surface area contributed by atoms with Crippen molar-refractivity contribution in [1.82, 2.24) is 19.2 Å². The van der Waals surface area contributed by atoms with E-state index in [1.54, 1.807) is 89.8 Å². The minimum Gasteiger partial charge on any atom is -0.378 e. The van der Waals surface area contributed by atoms with Gasteiger partial charge in [-0.1, -0.05) is 60.7 Å². The molecule has 1 saturated heterocycles. The van der Waals surface area contributed by atoms with E-state index in [1.807, 2.05) is 4.90 Å². The van der Waals surface area contributed by atoms with Crippen LogP contribution >= 0.6 is 0 Å². The van der Waals surface area contributed by atoms with Crippen LogP contribution in [0.25, 0.3) is 21.5 Å². The zero-order valence-electron chi connectivity index (χ0n) is 28.0. The Balaban J connectivity index is 1.15. The quantitative estimate of drug-likeness (QED) is 0.173. The van der Waals surface area contributed by atoms with Gasteiger partial charge in [0.15, 0.2) is 5.03 Å². The molecule has 0 N–H and O–H groups in total. The molecule has 52 heavy (non-hydrogen) atoms. The van der Waals surface area contributed by atoms with Gasteiger partial charge < -0.3 is 14.0 Å². The number of benzene rings is 4. The number of aromatic nitrogens is 2. The Labute approximate surface area is 301 Å². The third kappa shape index (κ3) is 7.04. The number of amides is 1. The van der Waals surface area contributed by atoms with Gasteiger partial charge >= 0.3 is 10.1 Å². The second-order valence-electron chi connectivity index (χ2n) is 12.4. The van der Waals surface area contributed by atoms with Crippen molar-refractivity contribution < 1.29 is 30.2 Å². The largest absolute Gasteiger partial charge is 0.378 e. The van der Waals surface area contributed by atoms with Gasteiger partial charge in [0.05, 0.1) is 0 Å². The predicted octanol–water partition coefficient (Wildman–Crippen LogP) is 5.27. The Morgan fingerprint density at radius 3 is 1.92 bits per heavy atom. The van der Waals surface area contributed by atoms with Crippen LogP contribution in [0.1, 0.15) is 5.56 Å². The van der Waals surface area contributed by atoms with Crippen LogP contribution in [-0.2, 0) is 31.4 Å². The lowest BCUT2D eigenvalue weighted by Gasteiger charge is -2.39. The van der Waals surface area contributed by atoms with Gasteiger partial charge in [-0.15, -0.1) is 0 Å². The van der Waals surface area contributed by atoms with E-state index in [0.29, 0.717) is 53.3 Å². The molecule has 1 amide bonds. The van der Waals surface area contributed by atoms with Crippen molar-refractivity contribution in [3.05, 3.63) is 133 Å². The van der Waals surface area contributed by atoms with E-state index in [2.05, 4.69) is 9.97 Å². The van der Waals surface area contributed by atoms with Gasteiger partial charge in [-0.2, -0.15) is 12.7 Å². The molecule has 6 aromatic rings. The number of hydrogen-bond acceptors (Lipinski definition) is 9. The fraction of sp³-hybridized carbons (Fsp3) is 0.184. The van der Waals surface area contributed by atoms with E-state index in [9.17, 15) is 26.0 Å². The van der Waals surface area contributed by atoms with Crippen molar-refractivity contribution in [2.45, 2.75) is 22.5 Å². The summed E-state index contributed by atoms with van der Waals surface area (Å²) in [6.45, 7) is 1.58. The van der Waals surface area contributed by atoms with Gasteiger partial charge in [0, 0.05) is 62.1 Å². The maximum Gasteiger partial charge on any atom is 0.357 e. The smallest absolute Gasteiger partial charge is 0.357 e. The Hall–Kier alpha value is -5.44. The van der Waals surface area contributed by atoms with Crippen LogP contribution in [-0.4, -0.2) is 81.2 Å². The summed E-state index contributed by atoms with van der Waals surface area (Å²) in [6, 6.07) is 28.5. The standard InChI is InChI=1S/C38H34FN5O6S2/c1-42(51(46,47)36-33-8-4-2-6-28(33)18-20-40-36)35(38(45)44-24-22-43(23-25-44)31-14-12-30(39)13-15-31)26-27-10-16-32(17-11-27)50-52(48,49)37-34-9-5-3-7-29(34)19-21-41-37/h2-21,35H,22-26H2,1H3/t35-/m0/s1. The van der Waals surface area contributed by atoms with Crippen molar-refractivity contribution in [3.63, 3.8) is 0 Å². The first kappa shape index (κ1) is 35.0. The maximum absolute atomic E-state index is 14.3. The normalized spacial score (nSPS) is 14.5. The van der Waals surface area contributed by atoms with Gasteiger partial charge in [0.25, 0.3) is 10.0 Å². The van der Waals surface area contributed by atoms with Crippen molar-refractivity contribution >= 4 is 53.3 Å². The molecule has 0 spiro atoms. The molecule has 1 atom stereocenters. The van der Waals surface area contributed by atoms with Gasteiger partial charge in [-0.25, -0.2) is 22.8 Å². The number of sulfonamides is 1. The lowest BCUT2D eigenvalue weighted by atomic mass is 10.0. The fourth-order valence-corrected chi connectivity index (χ4v) is 8.90. The molecule has 0 radical (unpaired) electrons. The zero-order valence-corrected chi connectivity index (χ0v) is 29.7. The Kier molecular flexibility index (Phi) is 9.62. The van der Waals surface area contributed by atoms with Crippen LogP contribution < -0.4 is 9.08 Å². The number of likely N-dealkylation sites (N-methyl/N-ethyl adjacent to an activating group) is 1. The molecule has 2 aromatic heterocycles. The summed E-state index contributed by atoms with van der Waals surface area (Å²) in [4.78, 5) is 26.3. The number of fused-ring (bicyclic) bond motifs is 2. The van der Waals surface area contributed by atoms with Crippen LogP contribution in [0.2, 0.25) is 0 Å². The number of nitrogens with zero attached hydrogens (tertiary/aromatic N) is 5. The topological polar surface area (TPSA) is 130 Å². The van der Waals surface area contributed by atoms with Gasteiger partial charge in [-0.05, 0) is 71.3 Å². The monoisotopic (exact) mass is 739 g/mol. The third-order valence-corrected chi connectivity index (χ3v) is 12.2. The first-order valence-corrected chi connectivity index (χ1v) is 19.3. The van der Waals surface area contributed by atoms with Crippen LogP contribution in [0.4, 0.5) is 10.1 Å². The Bertz CT molecular complexity index is 2460. The lowest BCUT2D eigenvalue weighted by Crippen LogP contribution is -2.56. The molecule has 7 rings (SSSR count). The lowest BCUT2D eigenvalue weighted by molar-refractivity contribution is -0.135. The van der Waals surface area contributed by atoms with Gasteiger partial charge in [0.1, 0.15) is 17.6 Å². The second kappa shape index (κ2) is 14.3. The molecule has 1 fully saturated rings. The molecule has 0 aliphatic carbocycles. The predicted molar refractivity (Wildman–Crippen MR) is 195 cm³/mol.